The first kappa shape index (κ1) is 20.2. The molecule has 0 spiro atoms. The Morgan fingerprint density at radius 3 is 2.07 bits per heavy atom. The fourth-order valence-electron chi connectivity index (χ4n) is 3.25. The van der Waals surface area contributed by atoms with Gasteiger partial charge < -0.3 is 5.32 Å². The molecule has 148 valence electrons. The normalized spacial score (nSPS) is 15.9. The van der Waals surface area contributed by atoms with Crippen molar-refractivity contribution in [3.8, 4) is 0 Å². The molecule has 2 aromatic rings. The number of benzene rings is 2. The molecule has 0 unspecified atom stereocenters. The zero-order valence-electron chi connectivity index (χ0n) is 16.0. The second-order valence-electron chi connectivity index (χ2n) is 7.11. The topological polar surface area (TPSA) is 83.6 Å². The zero-order chi connectivity index (χ0) is 20.3. The highest BCUT2D eigenvalue weighted by Crippen LogP contribution is 2.25. The highest BCUT2D eigenvalue weighted by atomic mass is 32.2. The summed E-state index contributed by atoms with van der Waals surface area (Å²) >= 11 is 0. The minimum absolute atomic E-state index is 0.0771. The number of carbonyl (C=O) groups excluding carboxylic acids is 2. The SMILES string of the molecule is CC(=O)c1ccc(S(=O)(=O)N2CCC(C(=O)Nc3ccc(C)cc3)CC2)cc1. The highest BCUT2D eigenvalue weighted by molar-refractivity contribution is 7.89. The van der Waals surface area contributed by atoms with E-state index in [0.29, 0.717) is 31.5 Å². The number of ketones is 1. The minimum Gasteiger partial charge on any atom is -0.326 e. The number of piperidine rings is 1. The molecule has 1 heterocycles. The van der Waals surface area contributed by atoms with Crippen LogP contribution in [-0.2, 0) is 14.8 Å². The molecule has 0 aliphatic carbocycles. The summed E-state index contributed by atoms with van der Waals surface area (Å²) in [5.74, 6) is -0.399. The monoisotopic (exact) mass is 400 g/mol. The van der Waals surface area contributed by atoms with E-state index in [0.717, 1.165) is 11.3 Å². The van der Waals surface area contributed by atoms with Crippen molar-refractivity contribution in [2.75, 3.05) is 18.4 Å². The largest absolute Gasteiger partial charge is 0.326 e. The summed E-state index contributed by atoms with van der Waals surface area (Å²) in [4.78, 5) is 24.0. The van der Waals surface area contributed by atoms with Crippen LogP contribution < -0.4 is 5.32 Å². The van der Waals surface area contributed by atoms with Gasteiger partial charge in [0.25, 0.3) is 0 Å². The Labute approximate surface area is 165 Å². The Balaban J connectivity index is 1.61. The van der Waals surface area contributed by atoms with Crippen molar-refractivity contribution in [2.45, 2.75) is 31.6 Å². The quantitative estimate of drug-likeness (QED) is 0.781. The number of nitrogens with one attached hydrogen (secondary N) is 1. The second-order valence-corrected chi connectivity index (χ2v) is 9.05. The molecule has 6 nitrogen and oxygen atoms in total. The first-order chi connectivity index (χ1) is 13.3. The molecular weight excluding hydrogens is 376 g/mol. The second kappa shape index (κ2) is 8.24. The fraction of sp³-hybridized carbons (Fsp3) is 0.333. The molecule has 0 bridgehead atoms. The molecular formula is C21H24N2O4S. The average molecular weight is 401 g/mol. The molecule has 1 fully saturated rings. The number of hydrogen-bond acceptors (Lipinski definition) is 4. The Morgan fingerprint density at radius 1 is 0.964 bits per heavy atom. The molecule has 3 rings (SSSR count). The van der Waals surface area contributed by atoms with Crippen LogP contribution in [0, 0.1) is 12.8 Å². The van der Waals surface area contributed by atoms with Gasteiger partial charge in [-0.25, -0.2) is 8.42 Å². The molecule has 0 aromatic heterocycles. The first-order valence-corrected chi connectivity index (χ1v) is 10.7. The zero-order valence-corrected chi connectivity index (χ0v) is 16.8. The van der Waals surface area contributed by atoms with E-state index in [-0.39, 0.29) is 22.5 Å². The summed E-state index contributed by atoms with van der Waals surface area (Å²) in [7, 11) is -3.63. The third kappa shape index (κ3) is 4.48. The average Bonchev–Trinajstić information content (AvgIpc) is 2.70. The van der Waals surface area contributed by atoms with E-state index >= 15 is 0 Å². The predicted octanol–water partition coefficient (Wildman–Crippen LogP) is 3.24. The maximum atomic E-state index is 12.8. The van der Waals surface area contributed by atoms with Crippen molar-refractivity contribution in [3.05, 3.63) is 59.7 Å². The summed E-state index contributed by atoms with van der Waals surface area (Å²) in [6, 6.07) is 13.6. The van der Waals surface area contributed by atoms with Crippen LogP contribution >= 0.6 is 0 Å². The minimum atomic E-state index is -3.63. The van der Waals surface area contributed by atoms with Crippen molar-refractivity contribution in [3.63, 3.8) is 0 Å². The lowest BCUT2D eigenvalue weighted by Crippen LogP contribution is -2.41. The van der Waals surface area contributed by atoms with Crippen LogP contribution in [0.15, 0.2) is 53.4 Å². The maximum Gasteiger partial charge on any atom is 0.243 e. The summed E-state index contributed by atoms with van der Waals surface area (Å²) < 4.78 is 27.0. The van der Waals surface area contributed by atoms with Gasteiger partial charge in [0, 0.05) is 30.3 Å². The van der Waals surface area contributed by atoms with Crippen LogP contribution in [-0.4, -0.2) is 37.5 Å². The summed E-state index contributed by atoms with van der Waals surface area (Å²) in [6.07, 6.45) is 0.949. The van der Waals surface area contributed by atoms with E-state index in [1.165, 1.54) is 35.5 Å². The van der Waals surface area contributed by atoms with Gasteiger partial charge in [0.15, 0.2) is 5.78 Å². The van der Waals surface area contributed by atoms with Crippen LogP contribution in [0.3, 0.4) is 0 Å². The number of amides is 1. The van der Waals surface area contributed by atoms with Crippen LogP contribution in [0.4, 0.5) is 5.69 Å². The molecule has 28 heavy (non-hydrogen) atoms. The number of nitrogens with zero attached hydrogens (tertiary/aromatic N) is 1. The predicted molar refractivity (Wildman–Crippen MR) is 108 cm³/mol. The smallest absolute Gasteiger partial charge is 0.243 e. The van der Waals surface area contributed by atoms with E-state index in [1.54, 1.807) is 0 Å². The van der Waals surface area contributed by atoms with Crippen molar-refractivity contribution >= 4 is 27.4 Å². The van der Waals surface area contributed by atoms with Gasteiger partial charge in [-0.15, -0.1) is 0 Å². The van der Waals surface area contributed by atoms with Gasteiger partial charge in [0.05, 0.1) is 4.90 Å². The molecule has 1 saturated heterocycles. The molecule has 0 atom stereocenters. The van der Waals surface area contributed by atoms with E-state index in [1.807, 2.05) is 31.2 Å². The number of aryl methyl sites for hydroxylation is 1. The molecule has 1 amide bonds. The Kier molecular flexibility index (Phi) is 5.96. The number of anilines is 1. The highest BCUT2D eigenvalue weighted by Gasteiger charge is 2.32. The standard InChI is InChI=1S/C21H24N2O4S/c1-15-3-7-19(8-4-15)22-21(25)18-11-13-23(14-12-18)28(26,27)20-9-5-17(6-10-20)16(2)24/h3-10,18H,11-14H2,1-2H3,(H,22,25). The number of sulfonamides is 1. The molecule has 2 aromatic carbocycles. The third-order valence-corrected chi connectivity index (χ3v) is 6.96. The summed E-state index contributed by atoms with van der Waals surface area (Å²) in [5.41, 5.74) is 2.34. The first-order valence-electron chi connectivity index (χ1n) is 9.26. The van der Waals surface area contributed by atoms with Crippen molar-refractivity contribution < 1.29 is 18.0 Å². The number of hydrogen-bond donors (Lipinski definition) is 1. The number of Topliss-reactive ketones (excluding diaryl/α,β-unsaturated/α-hetero) is 1. The molecule has 7 heteroatoms. The Hall–Kier alpha value is -2.51. The van der Waals surface area contributed by atoms with Crippen LogP contribution in [0.25, 0.3) is 0 Å². The Morgan fingerprint density at radius 2 is 1.54 bits per heavy atom. The molecule has 1 aliphatic heterocycles. The summed E-state index contributed by atoms with van der Waals surface area (Å²) in [5, 5.41) is 2.90. The molecule has 1 aliphatic rings. The van der Waals surface area contributed by atoms with Crippen LogP contribution in [0.2, 0.25) is 0 Å². The van der Waals surface area contributed by atoms with Gasteiger partial charge in [-0.3, -0.25) is 9.59 Å². The maximum absolute atomic E-state index is 12.8. The van der Waals surface area contributed by atoms with Gasteiger partial charge >= 0.3 is 0 Å². The number of rotatable bonds is 5. The lowest BCUT2D eigenvalue weighted by molar-refractivity contribution is -0.120. The van der Waals surface area contributed by atoms with Gasteiger partial charge in [-0.05, 0) is 51.0 Å². The van der Waals surface area contributed by atoms with E-state index in [9.17, 15) is 18.0 Å². The van der Waals surface area contributed by atoms with Gasteiger partial charge in [-0.1, -0.05) is 29.8 Å². The fourth-order valence-corrected chi connectivity index (χ4v) is 4.72. The Bertz CT molecular complexity index is 958. The van der Waals surface area contributed by atoms with E-state index in [4.69, 9.17) is 0 Å². The third-order valence-electron chi connectivity index (χ3n) is 5.04. The molecule has 1 N–H and O–H groups in total. The van der Waals surface area contributed by atoms with Crippen molar-refractivity contribution in [2.24, 2.45) is 5.92 Å². The van der Waals surface area contributed by atoms with E-state index < -0.39 is 10.0 Å². The van der Waals surface area contributed by atoms with Gasteiger partial charge in [-0.2, -0.15) is 4.31 Å². The van der Waals surface area contributed by atoms with Crippen molar-refractivity contribution in [1.29, 1.82) is 0 Å². The lowest BCUT2D eigenvalue weighted by Gasteiger charge is -2.30. The lowest BCUT2D eigenvalue weighted by atomic mass is 9.97. The van der Waals surface area contributed by atoms with Gasteiger partial charge in [0.2, 0.25) is 15.9 Å². The summed E-state index contributed by atoms with van der Waals surface area (Å²) in [6.45, 7) is 4.01. The van der Waals surface area contributed by atoms with Crippen molar-refractivity contribution in [1.82, 2.24) is 4.31 Å². The molecule has 0 radical (unpaired) electrons. The van der Waals surface area contributed by atoms with Crippen LogP contribution in [0.1, 0.15) is 35.7 Å². The number of carbonyl (C=O) groups is 2. The van der Waals surface area contributed by atoms with Gasteiger partial charge in [0.1, 0.15) is 0 Å². The van der Waals surface area contributed by atoms with Crippen LogP contribution in [0.5, 0.6) is 0 Å². The van der Waals surface area contributed by atoms with E-state index in [2.05, 4.69) is 5.32 Å². The molecule has 0 saturated carbocycles.